The normalized spacial score (nSPS) is 33.5. The number of likely N-dealkylation sites (N-methyl/N-ethyl adjacent to an activating group) is 1. The van der Waals surface area contributed by atoms with Crippen molar-refractivity contribution in [2.24, 2.45) is 17.3 Å². The summed E-state index contributed by atoms with van der Waals surface area (Å²) >= 11 is 0. The molecule has 1 aromatic heterocycles. The average molecular weight is 834 g/mol. The van der Waals surface area contributed by atoms with Gasteiger partial charge in [-0.05, 0) is 67.3 Å². The summed E-state index contributed by atoms with van der Waals surface area (Å²) in [5.74, 6) is -0.293. The summed E-state index contributed by atoms with van der Waals surface area (Å²) in [7, 11) is 5.14. The zero-order chi connectivity index (χ0) is 43.2. The number of carbonyl (C=O) groups is 3. The van der Waals surface area contributed by atoms with E-state index in [0.29, 0.717) is 44.5 Å². The number of aliphatic hydroxyl groups is 1. The molecule has 6 heterocycles. The molecule has 2 fully saturated rings. The first-order valence-electron chi connectivity index (χ1n) is 22.4. The van der Waals surface area contributed by atoms with Crippen LogP contribution in [0.1, 0.15) is 89.1 Å². The summed E-state index contributed by atoms with van der Waals surface area (Å²) in [6.07, 6.45) is 8.70. The largest absolute Gasteiger partial charge is 0.496 e. The highest BCUT2D eigenvalue weighted by Gasteiger charge is 2.78. The van der Waals surface area contributed by atoms with Gasteiger partial charge in [0.2, 0.25) is 5.91 Å². The van der Waals surface area contributed by atoms with Gasteiger partial charge in [0.25, 0.3) is 0 Å². The van der Waals surface area contributed by atoms with Crippen molar-refractivity contribution in [3.63, 3.8) is 0 Å². The van der Waals surface area contributed by atoms with Crippen molar-refractivity contribution in [1.82, 2.24) is 20.1 Å². The molecule has 1 spiro atoms. The molecular formula is C49H63N5O7. The van der Waals surface area contributed by atoms with Gasteiger partial charge >= 0.3 is 11.9 Å². The molecule has 12 heteroatoms. The first-order valence-corrected chi connectivity index (χ1v) is 22.4. The van der Waals surface area contributed by atoms with Gasteiger partial charge in [0.05, 0.1) is 26.8 Å². The lowest BCUT2D eigenvalue weighted by molar-refractivity contribution is -0.217. The second kappa shape index (κ2) is 15.0. The molecule has 1 amide bonds. The van der Waals surface area contributed by atoms with Crippen LogP contribution in [-0.2, 0) is 41.2 Å². The van der Waals surface area contributed by atoms with Crippen LogP contribution in [0.3, 0.4) is 0 Å². The molecule has 9 atom stereocenters. The molecule has 326 valence electrons. The number of ether oxygens (including phenoxy) is 3. The van der Waals surface area contributed by atoms with E-state index < -0.39 is 40.0 Å². The molecular weight excluding hydrogens is 771 g/mol. The standard InChI is InChI=1S/C49H63N5O7/c1-9-31-21-32-24-48(45(57)60-8,41-34(27-53(25-31)26-32)33-14-11-12-15-37(33)51-41)36-22-35-38(23-39(36)59-7)52(6)43-47(35)17-19-54-18-13-16-46(10-2,42(47)54)44(61-30(5)55)49(43,58)28-50-40(56)20-29(3)4/h11-16,21-23,29,32,42-44,51,58H,9-10,17-20,24-28H2,1-8H3,(H,50,56)/t32-,42-,43+,44+,46+,47+,48-,49-/m0/s1. The van der Waals surface area contributed by atoms with Crippen LogP contribution in [-0.4, -0.2) is 116 Å². The van der Waals surface area contributed by atoms with Crippen LogP contribution in [0.25, 0.3) is 10.9 Å². The highest BCUT2D eigenvalue weighted by Crippen LogP contribution is 2.68. The summed E-state index contributed by atoms with van der Waals surface area (Å²) in [6.45, 7) is 13.4. The summed E-state index contributed by atoms with van der Waals surface area (Å²) in [5, 5.41) is 18.0. The van der Waals surface area contributed by atoms with E-state index in [1.165, 1.54) is 19.6 Å². The van der Waals surface area contributed by atoms with Crippen molar-refractivity contribution in [2.45, 2.75) is 108 Å². The number of nitrogens with one attached hydrogen (secondary N) is 2. The van der Waals surface area contributed by atoms with Crippen LogP contribution in [0, 0.1) is 17.3 Å². The van der Waals surface area contributed by atoms with Gasteiger partial charge in [0.1, 0.15) is 22.9 Å². The number of methoxy groups -OCH3 is 2. The number of hydrogen-bond acceptors (Lipinski definition) is 10. The van der Waals surface area contributed by atoms with Gasteiger partial charge in [-0.1, -0.05) is 69.7 Å². The third kappa shape index (κ3) is 5.90. The molecule has 12 nitrogen and oxygen atoms in total. The third-order valence-electron chi connectivity index (χ3n) is 15.5. The van der Waals surface area contributed by atoms with Gasteiger partial charge in [-0.3, -0.25) is 24.2 Å². The molecule has 2 bridgehead atoms. The number of anilines is 1. The van der Waals surface area contributed by atoms with Crippen molar-refractivity contribution in [1.29, 1.82) is 0 Å². The van der Waals surface area contributed by atoms with Crippen LogP contribution in [0.4, 0.5) is 5.69 Å². The predicted molar refractivity (Wildman–Crippen MR) is 235 cm³/mol. The lowest BCUT2D eigenvalue weighted by Gasteiger charge is -2.64. The average Bonchev–Trinajstić information content (AvgIpc) is 3.89. The van der Waals surface area contributed by atoms with Crippen molar-refractivity contribution in [3.8, 4) is 5.75 Å². The lowest BCUT2D eigenvalue weighted by atomic mass is 9.47. The number of aromatic amines is 1. The van der Waals surface area contributed by atoms with E-state index in [0.717, 1.165) is 65.0 Å². The molecule has 5 aliphatic heterocycles. The number of esters is 2. The third-order valence-corrected chi connectivity index (χ3v) is 15.5. The van der Waals surface area contributed by atoms with E-state index in [1.54, 1.807) is 7.11 Å². The van der Waals surface area contributed by atoms with Gasteiger partial charge in [0, 0.05) is 97.4 Å². The van der Waals surface area contributed by atoms with Crippen molar-refractivity contribution < 1.29 is 33.7 Å². The number of H-pyrrole nitrogens is 1. The second-order valence-corrected chi connectivity index (χ2v) is 19.2. The number of fused-ring (bicyclic) bond motifs is 6. The fourth-order valence-corrected chi connectivity index (χ4v) is 13.5. The Hall–Kier alpha value is -4.65. The van der Waals surface area contributed by atoms with Crippen LogP contribution in [0.15, 0.2) is 60.2 Å². The van der Waals surface area contributed by atoms with Gasteiger partial charge in [-0.25, -0.2) is 0 Å². The molecule has 2 aromatic carbocycles. The molecule has 1 aliphatic carbocycles. The van der Waals surface area contributed by atoms with Crippen LogP contribution >= 0.6 is 0 Å². The minimum absolute atomic E-state index is 0.0470. The summed E-state index contributed by atoms with van der Waals surface area (Å²) in [5.41, 5.74) is 2.27. The Kier molecular flexibility index (Phi) is 10.3. The molecule has 1 saturated heterocycles. The first kappa shape index (κ1) is 41.7. The van der Waals surface area contributed by atoms with Gasteiger partial charge in [0.15, 0.2) is 0 Å². The number of amides is 1. The number of hydrogen-bond donors (Lipinski definition) is 3. The Labute approximate surface area is 359 Å². The summed E-state index contributed by atoms with van der Waals surface area (Å²) < 4.78 is 18.8. The maximum absolute atomic E-state index is 15.3. The van der Waals surface area contributed by atoms with Crippen LogP contribution in [0.5, 0.6) is 5.75 Å². The number of carbonyl (C=O) groups excluding carboxylic acids is 3. The number of aromatic nitrogens is 1. The second-order valence-electron chi connectivity index (χ2n) is 19.2. The fraction of sp³-hybridized carbons (Fsp3) is 0.571. The number of benzene rings is 2. The maximum Gasteiger partial charge on any atom is 0.322 e. The molecule has 3 N–H and O–H groups in total. The molecule has 6 aliphatic rings. The molecule has 3 aromatic rings. The van der Waals surface area contributed by atoms with E-state index >= 15 is 4.79 Å². The summed E-state index contributed by atoms with van der Waals surface area (Å²) in [6, 6.07) is 11.8. The molecule has 61 heavy (non-hydrogen) atoms. The van der Waals surface area contributed by atoms with Crippen molar-refractivity contribution >= 4 is 34.4 Å². The SMILES string of the molecule is CCC1=C[C@@H]2CN(C1)Cc1c([nH]c3ccccc13)[C@@](C(=O)OC)(c1cc3c(cc1OC)N(C)[C@H]1[C@@](O)(CNC(=O)CC(C)C)[C@H](OC(C)=O)[C@]4(CC)C=CCN5CC[C@]31[C@@H]54)C2. The Morgan fingerprint density at radius 3 is 2.56 bits per heavy atom. The number of rotatable bonds is 10. The Morgan fingerprint density at radius 2 is 1.85 bits per heavy atom. The Bertz CT molecular complexity index is 2340. The monoisotopic (exact) mass is 833 g/mol. The van der Waals surface area contributed by atoms with Gasteiger partial charge in [-0.2, -0.15) is 0 Å². The van der Waals surface area contributed by atoms with E-state index in [1.807, 2.05) is 27.0 Å². The Morgan fingerprint density at radius 1 is 1.07 bits per heavy atom. The maximum atomic E-state index is 15.3. The van der Waals surface area contributed by atoms with Crippen molar-refractivity contribution in [3.05, 3.63) is 82.6 Å². The van der Waals surface area contributed by atoms with E-state index in [4.69, 9.17) is 14.2 Å². The van der Waals surface area contributed by atoms with E-state index in [2.05, 4.69) is 87.4 Å². The van der Waals surface area contributed by atoms with Gasteiger partial charge < -0.3 is 34.5 Å². The quantitative estimate of drug-likeness (QED) is 0.171. The van der Waals surface area contributed by atoms with E-state index in [-0.39, 0.29) is 36.3 Å². The highest BCUT2D eigenvalue weighted by atomic mass is 16.6. The molecule has 1 saturated carbocycles. The first-order chi connectivity index (χ1) is 29.2. The zero-order valence-corrected chi connectivity index (χ0v) is 37.1. The summed E-state index contributed by atoms with van der Waals surface area (Å²) in [4.78, 5) is 52.9. The predicted octanol–water partition coefficient (Wildman–Crippen LogP) is 5.74. The Balaban J connectivity index is 1.33. The smallest absolute Gasteiger partial charge is 0.322 e. The number of para-hydroxylation sites is 1. The van der Waals surface area contributed by atoms with Crippen molar-refractivity contribution in [2.75, 3.05) is 58.9 Å². The van der Waals surface area contributed by atoms with Gasteiger partial charge in [-0.15, -0.1) is 0 Å². The van der Waals surface area contributed by atoms with Crippen LogP contribution in [0.2, 0.25) is 0 Å². The topological polar surface area (TPSA) is 137 Å². The minimum Gasteiger partial charge on any atom is -0.496 e. The molecule has 1 unspecified atom stereocenters. The molecule has 9 rings (SSSR count). The highest BCUT2D eigenvalue weighted by molar-refractivity contribution is 5.94. The molecule has 0 radical (unpaired) electrons. The fourth-order valence-electron chi connectivity index (χ4n) is 13.5. The lowest BCUT2D eigenvalue weighted by Crippen LogP contribution is -2.81. The zero-order valence-electron chi connectivity index (χ0n) is 37.1. The number of nitrogens with zero attached hydrogens (tertiary/aromatic N) is 3. The van der Waals surface area contributed by atoms with E-state index in [9.17, 15) is 14.7 Å². The minimum atomic E-state index is -1.73. The van der Waals surface area contributed by atoms with Crippen LogP contribution < -0.4 is 15.0 Å².